The van der Waals surface area contributed by atoms with Crippen LogP contribution in [0.5, 0.6) is 0 Å². The average molecular weight is 799 g/mol. The van der Waals surface area contributed by atoms with E-state index in [-0.39, 0.29) is 49.3 Å². The third kappa shape index (κ3) is 23.6. The first-order chi connectivity index (χ1) is 24.5. The molecule has 56 heavy (non-hydrogen) atoms. The molecule has 0 spiro atoms. The average Bonchev–Trinajstić information content (AvgIpc) is 3.89. The Morgan fingerprint density at radius 2 is 0.875 bits per heavy atom. The van der Waals surface area contributed by atoms with Gasteiger partial charge in [-0.3, -0.25) is 0 Å². The van der Waals surface area contributed by atoms with Gasteiger partial charge < -0.3 is 37.1 Å². The fourth-order valence-corrected chi connectivity index (χ4v) is 9.49. The predicted molar refractivity (Wildman–Crippen MR) is 251 cm³/mol. The van der Waals surface area contributed by atoms with E-state index in [4.69, 9.17) is 21.9 Å². The van der Waals surface area contributed by atoms with E-state index in [1.807, 2.05) is 20.8 Å². The van der Waals surface area contributed by atoms with E-state index in [9.17, 15) is 4.79 Å². The van der Waals surface area contributed by atoms with Crippen LogP contribution in [0.1, 0.15) is 213 Å². The maximum absolute atomic E-state index is 11.5. The van der Waals surface area contributed by atoms with Gasteiger partial charge in [-0.05, 0) is 212 Å². The monoisotopic (exact) mass is 799 g/mol. The Labute approximate surface area is 352 Å². The lowest BCUT2D eigenvalue weighted by Gasteiger charge is -2.34. The number of hydrogen-bond acceptors (Lipinski definition) is 7. The van der Waals surface area contributed by atoms with Crippen LogP contribution < -0.4 is 22.5 Å². The molecule has 0 unspecified atom stereocenters. The van der Waals surface area contributed by atoms with Crippen molar-refractivity contribution in [3.8, 4) is 0 Å². The third-order valence-corrected chi connectivity index (χ3v) is 13.2. The first-order valence-electron chi connectivity index (χ1n) is 22.2. The van der Waals surface area contributed by atoms with E-state index in [0.29, 0.717) is 12.0 Å². The summed E-state index contributed by atoms with van der Waals surface area (Å²) in [4.78, 5) is 17.0. The van der Waals surface area contributed by atoms with Crippen LogP contribution in [0, 0.1) is 23.7 Å². The Morgan fingerprint density at radius 3 is 1.20 bits per heavy atom. The number of nitrogens with two attached hydrogens (primary N) is 3. The zero-order valence-corrected chi connectivity index (χ0v) is 34.4. The van der Waals surface area contributed by atoms with Crippen LogP contribution in [0.4, 0.5) is 4.79 Å². The first-order valence-corrected chi connectivity index (χ1v) is 22.2. The van der Waals surface area contributed by atoms with E-state index in [1.54, 1.807) is 0 Å². The third-order valence-electron chi connectivity index (χ3n) is 13.2. The molecule has 6 fully saturated rings. The number of likely N-dealkylation sites (tertiary alicyclic amines) is 2. The Balaban J connectivity index is -0.000000659. The minimum atomic E-state index is -0.418. The molecule has 6 aliphatic rings. The zero-order valence-electron chi connectivity index (χ0n) is 34.4. The summed E-state index contributed by atoms with van der Waals surface area (Å²) in [5.74, 6) is 3.51. The maximum Gasteiger partial charge on any atom is 0.407 e. The minimum absolute atomic E-state index is 0. The SMILES string of the molecule is C.C.C.C.C.CC(C)(C)OC(=O)NC1CCC(CN)CC1.CCC1CCC(N)CC1.CCC1CCC(N2CCCC2)CC1.NCC1CCC(N2CCCC2)CC1. The second-order valence-corrected chi connectivity index (χ2v) is 18.3. The van der Waals surface area contributed by atoms with Gasteiger partial charge in [-0.25, -0.2) is 4.79 Å². The number of nitrogens with zero attached hydrogens (tertiary/aromatic N) is 2. The van der Waals surface area contributed by atoms with Gasteiger partial charge >= 0.3 is 6.09 Å². The number of alkyl carbamates (subject to hydrolysis) is 1. The smallest absolute Gasteiger partial charge is 0.407 e. The topological polar surface area (TPSA) is 123 Å². The molecule has 0 aromatic carbocycles. The van der Waals surface area contributed by atoms with E-state index in [0.717, 1.165) is 68.6 Å². The molecule has 2 heterocycles. The lowest BCUT2D eigenvalue weighted by Crippen LogP contribution is -2.41. The molecule has 2 saturated heterocycles. The molecule has 0 radical (unpaired) electrons. The van der Waals surface area contributed by atoms with Gasteiger partial charge in [0.25, 0.3) is 0 Å². The van der Waals surface area contributed by atoms with Crippen molar-refractivity contribution in [3.63, 3.8) is 0 Å². The molecule has 7 N–H and O–H groups in total. The number of carbonyl (C=O) groups excluding carboxylic acids is 1. The Hall–Kier alpha value is -0.930. The largest absolute Gasteiger partial charge is 0.444 e. The summed E-state index contributed by atoms with van der Waals surface area (Å²) in [7, 11) is 0. The van der Waals surface area contributed by atoms with Gasteiger partial charge in [-0.2, -0.15) is 0 Å². The van der Waals surface area contributed by atoms with Gasteiger partial charge in [-0.1, -0.05) is 63.8 Å². The predicted octanol–water partition coefficient (Wildman–Crippen LogP) is 11.8. The van der Waals surface area contributed by atoms with Crippen molar-refractivity contribution in [2.24, 2.45) is 40.9 Å². The summed E-state index contributed by atoms with van der Waals surface area (Å²) in [5, 5.41) is 2.92. The normalized spacial score (nSPS) is 30.4. The highest BCUT2D eigenvalue weighted by Crippen LogP contribution is 2.31. The molecule has 0 atom stereocenters. The number of amides is 1. The highest BCUT2D eigenvalue weighted by atomic mass is 16.6. The second kappa shape index (κ2) is 32.9. The molecule has 2 aliphatic heterocycles. The number of rotatable bonds is 7. The lowest BCUT2D eigenvalue weighted by atomic mass is 9.84. The van der Waals surface area contributed by atoms with Crippen LogP contribution >= 0.6 is 0 Å². The maximum atomic E-state index is 11.5. The molecule has 340 valence electrons. The zero-order chi connectivity index (χ0) is 37.1. The van der Waals surface area contributed by atoms with E-state index in [1.165, 1.54) is 142 Å². The van der Waals surface area contributed by atoms with Gasteiger partial charge in [0, 0.05) is 24.2 Å². The molecule has 0 aromatic heterocycles. The number of nitrogens with one attached hydrogen (secondary N) is 1. The summed E-state index contributed by atoms with van der Waals surface area (Å²) in [6, 6.07) is 2.65. The van der Waals surface area contributed by atoms with Crippen molar-refractivity contribution in [2.45, 2.75) is 243 Å². The Bertz CT molecular complexity index is 835. The minimum Gasteiger partial charge on any atom is -0.444 e. The van der Waals surface area contributed by atoms with Crippen molar-refractivity contribution in [2.75, 3.05) is 39.3 Å². The Kier molecular flexibility index (Phi) is 34.9. The molecule has 4 saturated carbocycles. The van der Waals surface area contributed by atoms with Crippen LogP contribution in [-0.2, 0) is 4.74 Å². The fraction of sp³-hybridized carbons (Fsp3) is 0.979. The molecule has 4 aliphatic carbocycles. The lowest BCUT2D eigenvalue weighted by molar-refractivity contribution is 0.0488. The van der Waals surface area contributed by atoms with E-state index in [2.05, 4.69) is 29.0 Å². The van der Waals surface area contributed by atoms with Crippen molar-refractivity contribution < 1.29 is 9.53 Å². The molecule has 6 rings (SSSR count). The van der Waals surface area contributed by atoms with Gasteiger partial charge in [0.05, 0.1) is 0 Å². The van der Waals surface area contributed by atoms with Gasteiger partial charge in [-0.15, -0.1) is 0 Å². The van der Waals surface area contributed by atoms with Crippen LogP contribution in [-0.4, -0.2) is 84.9 Å². The summed E-state index contributed by atoms with van der Waals surface area (Å²) in [6.07, 6.45) is 29.3. The van der Waals surface area contributed by atoms with Gasteiger partial charge in [0.2, 0.25) is 0 Å². The molecule has 0 bridgehead atoms. The molecule has 8 heteroatoms. The molecule has 1 amide bonds. The van der Waals surface area contributed by atoms with E-state index < -0.39 is 5.60 Å². The quantitative estimate of drug-likeness (QED) is 0.202. The second-order valence-electron chi connectivity index (χ2n) is 18.3. The highest BCUT2D eigenvalue weighted by Gasteiger charge is 2.28. The molecule has 0 aromatic rings. The van der Waals surface area contributed by atoms with Crippen molar-refractivity contribution in [1.29, 1.82) is 0 Å². The van der Waals surface area contributed by atoms with Crippen LogP contribution in [0.3, 0.4) is 0 Å². The number of ether oxygens (including phenoxy) is 1. The molecular formula is C48H106N6O2. The van der Waals surface area contributed by atoms with Gasteiger partial charge in [0.15, 0.2) is 0 Å². The Morgan fingerprint density at radius 1 is 0.554 bits per heavy atom. The van der Waals surface area contributed by atoms with Gasteiger partial charge in [0.1, 0.15) is 5.60 Å². The van der Waals surface area contributed by atoms with Crippen LogP contribution in [0.2, 0.25) is 0 Å². The number of hydrogen-bond donors (Lipinski definition) is 4. The standard InChI is InChI=1S/C12H24N2O2.C12H23N.C11H22N2.C8H17N.5CH4/c1-12(2,3)16-11(15)14-10-6-4-9(8-13)5-7-10;1-2-11-5-7-12(8-6-11)13-9-3-4-10-13;12-9-10-3-5-11(6-4-10)13-7-1-2-8-13;1-2-7-3-5-8(9)6-4-7;;;;;/h9-10H,4-8,13H2,1-3H3,(H,14,15);11-12H,2-10H2,1H3;10-11H,1-9,12H2;7-8H,2-6,9H2,1H3;5*1H4. The summed E-state index contributed by atoms with van der Waals surface area (Å²) >= 11 is 0. The summed E-state index contributed by atoms with van der Waals surface area (Å²) in [5.41, 5.74) is 16.6. The first kappa shape index (κ1) is 59.4. The van der Waals surface area contributed by atoms with E-state index >= 15 is 0 Å². The fourth-order valence-electron chi connectivity index (χ4n) is 9.49. The van der Waals surface area contributed by atoms with Crippen molar-refractivity contribution in [1.82, 2.24) is 15.1 Å². The van der Waals surface area contributed by atoms with Crippen LogP contribution in [0.25, 0.3) is 0 Å². The molecular weight excluding hydrogens is 693 g/mol. The van der Waals surface area contributed by atoms with Crippen LogP contribution in [0.15, 0.2) is 0 Å². The number of carbonyl (C=O) groups is 1. The van der Waals surface area contributed by atoms with Crippen molar-refractivity contribution >= 4 is 6.09 Å². The van der Waals surface area contributed by atoms with Crippen molar-refractivity contribution in [3.05, 3.63) is 0 Å². The molecule has 8 nitrogen and oxygen atoms in total. The summed E-state index contributed by atoms with van der Waals surface area (Å²) < 4.78 is 5.22. The highest BCUT2D eigenvalue weighted by molar-refractivity contribution is 5.68. The summed E-state index contributed by atoms with van der Waals surface area (Å²) in [6.45, 7) is 17.4.